The SMILES string of the molecule is Cc1ccc(OCc2cc(C(=O)NN)no2)c([N+](=O)[O-])n1. The smallest absolute Gasteiger partial charge is 0.406 e. The molecule has 21 heavy (non-hydrogen) atoms. The maximum Gasteiger partial charge on any atom is 0.406 e. The summed E-state index contributed by atoms with van der Waals surface area (Å²) in [5, 5.41) is 14.4. The Bertz CT molecular complexity index is 683. The molecule has 0 saturated heterocycles. The zero-order valence-corrected chi connectivity index (χ0v) is 10.9. The van der Waals surface area contributed by atoms with E-state index in [-0.39, 0.29) is 23.8 Å². The number of hydrazine groups is 1. The van der Waals surface area contributed by atoms with Gasteiger partial charge in [-0.05, 0) is 22.0 Å². The maximum atomic E-state index is 11.2. The quantitative estimate of drug-likeness (QED) is 0.350. The number of carbonyl (C=O) groups is 1. The predicted molar refractivity (Wildman–Crippen MR) is 68.1 cm³/mol. The van der Waals surface area contributed by atoms with Crippen LogP contribution in [0.15, 0.2) is 22.7 Å². The third kappa shape index (κ3) is 3.30. The minimum Gasteiger partial charge on any atom is -0.477 e. The molecule has 0 radical (unpaired) electrons. The standard InChI is InChI=1S/C11H11N5O5/c1-6-2-3-9(10(13-6)16(18)19)20-5-7-4-8(15-21-7)11(17)14-12/h2-4H,5,12H2,1H3,(H,14,17). The van der Waals surface area contributed by atoms with Gasteiger partial charge in [-0.25, -0.2) is 5.84 Å². The summed E-state index contributed by atoms with van der Waals surface area (Å²) in [5.41, 5.74) is 2.37. The third-order valence-electron chi connectivity index (χ3n) is 2.44. The number of nitrogens with two attached hydrogens (primary N) is 1. The van der Waals surface area contributed by atoms with Crippen molar-refractivity contribution >= 4 is 11.7 Å². The molecule has 0 spiro atoms. The number of pyridine rings is 1. The number of hydrogen-bond acceptors (Lipinski definition) is 8. The second-order valence-corrected chi connectivity index (χ2v) is 3.97. The molecule has 10 heteroatoms. The van der Waals surface area contributed by atoms with Gasteiger partial charge in [0.2, 0.25) is 5.75 Å². The Morgan fingerprint density at radius 2 is 2.33 bits per heavy atom. The zero-order valence-electron chi connectivity index (χ0n) is 10.9. The van der Waals surface area contributed by atoms with Gasteiger partial charge in [0, 0.05) is 13.0 Å². The van der Waals surface area contributed by atoms with Crippen LogP contribution in [0.2, 0.25) is 0 Å². The first-order chi connectivity index (χ1) is 10.0. The van der Waals surface area contributed by atoms with Crippen LogP contribution in [-0.4, -0.2) is 21.0 Å². The number of nitrogen functional groups attached to an aromatic ring is 1. The normalized spacial score (nSPS) is 10.2. The van der Waals surface area contributed by atoms with E-state index in [0.717, 1.165) is 0 Å². The fourth-order valence-corrected chi connectivity index (χ4v) is 1.48. The Morgan fingerprint density at radius 1 is 1.57 bits per heavy atom. The van der Waals surface area contributed by atoms with Crippen LogP contribution in [-0.2, 0) is 6.61 Å². The van der Waals surface area contributed by atoms with E-state index in [2.05, 4.69) is 10.1 Å². The van der Waals surface area contributed by atoms with Crippen LogP contribution in [0.25, 0.3) is 0 Å². The minimum absolute atomic E-state index is 0.00757. The lowest BCUT2D eigenvalue weighted by Gasteiger charge is -2.04. The molecule has 10 nitrogen and oxygen atoms in total. The lowest BCUT2D eigenvalue weighted by molar-refractivity contribution is -0.390. The summed E-state index contributed by atoms with van der Waals surface area (Å²) in [4.78, 5) is 25.2. The zero-order chi connectivity index (χ0) is 15.4. The molecule has 0 aliphatic carbocycles. The van der Waals surface area contributed by atoms with Crippen molar-refractivity contribution in [2.45, 2.75) is 13.5 Å². The molecule has 3 N–H and O–H groups in total. The number of aryl methyl sites for hydroxylation is 1. The van der Waals surface area contributed by atoms with Crippen molar-refractivity contribution in [3.63, 3.8) is 0 Å². The molecule has 2 aromatic heterocycles. The highest BCUT2D eigenvalue weighted by molar-refractivity contribution is 5.91. The number of nitrogens with zero attached hydrogens (tertiary/aromatic N) is 3. The second kappa shape index (κ2) is 5.96. The number of carbonyl (C=O) groups excluding carboxylic acids is 1. The van der Waals surface area contributed by atoms with Crippen LogP contribution in [0.5, 0.6) is 5.75 Å². The first kappa shape index (κ1) is 14.4. The predicted octanol–water partition coefficient (Wildman–Crippen LogP) is 0.469. The molecule has 0 aromatic carbocycles. The summed E-state index contributed by atoms with van der Waals surface area (Å²) in [6.45, 7) is 1.49. The molecule has 2 rings (SSSR count). The Balaban J connectivity index is 2.11. The van der Waals surface area contributed by atoms with Gasteiger partial charge in [0.25, 0.3) is 5.91 Å². The average molecular weight is 293 g/mol. The van der Waals surface area contributed by atoms with Gasteiger partial charge >= 0.3 is 5.82 Å². The molecule has 0 fully saturated rings. The highest BCUT2D eigenvalue weighted by Crippen LogP contribution is 2.25. The Labute approximate surface area is 118 Å². The lowest BCUT2D eigenvalue weighted by Crippen LogP contribution is -2.30. The summed E-state index contributed by atoms with van der Waals surface area (Å²) in [6, 6.07) is 4.33. The Kier molecular flexibility index (Phi) is 4.09. The lowest BCUT2D eigenvalue weighted by atomic mass is 10.3. The number of nitro groups is 1. The van der Waals surface area contributed by atoms with Crippen molar-refractivity contribution in [3.8, 4) is 5.75 Å². The van der Waals surface area contributed by atoms with Crippen LogP contribution < -0.4 is 16.0 Å². The van der Waals surface area contributed by atoms with E-state index in [1.165, 1.54) is 12.1 Å². The van der Waals surface area contributed by atoms with Crippen molar-refractivity contribution in [2.75, 3.05) is 0 Å². The van der Waals surface area contributed by atoms with Crippen molar-refractivity contribution in [3.05, 3.63) is 45.5 Å². The van der Waals surface area contributed by atoms with Crippen LogP contribution in [0.1, 0.15) is 21.9 Å². The van der Waals surface area contributed by atoms with Crippen LogP contribution in [0, 0.1) is 17.0 Å². The largest absolute Gasteiger partial charge is 0.477 e. The number of aromatic nitrogens is 2. The minimum atomic E-state index is -0.643. The highest BCUT2D eigenvalue weighted by atomic mass is 16.6. The summed E-state index contributed by atoms with van der Waals surface area (Å²) in [5.74, 6) is 4.14. The van der Waals surface area contributed by atoms with E-state index in [9.17, 15) is 14.9 Å². The molecular formula is C11H11N5O5. The molecule has 110 valence electrons. The van der Waals surface area contributed by atoms with Crippen LogP contribution in [0.3, 0.4) is 0 Å². The topological polar surface area (TPSA) is 146 Å². The van der Waals surface area contributed by atoms with Gasteiger partial charge < -0.3 is 19.4 Å². The van der Waals surface area contributed by atoms with Crippen LogP contribution in [0.4, 0.5) is 5.82 Å². The van der Waals surface area contributed by atoms with Gasteiger partial charge in [0.1, 0.15) is 12.3 Å². The molecule has 1 amide bonds. The Morgan fingerprint density at radius 3 is 3.00 bits per heavy atom. The van der Waals surface area contributed by atoms with Gasteiger partial charge in [0.15, 0.2) is 11.5 Å². The molecule has 0 unspecified atom stereocenters. The summed E-state index contributed by atoms with van der Waals surface area (Å²) in [6.07, 6.45) is 0. The van der Waals surface area contributed by atoms with E-state index in [1.54, 1.807) is 13.0 Å². The van der Waals surface area contributed by atoms with Crippen molar-refractivity contribution in [1.82, 2.24) is 15.6 Å². The van der Waals surface area contributed by atoms with Crippen molar-refractivity contribution < 1.29 is 19.0 Å². The first-order valence-electron chi connectivity index (χ1n) is 5.72. The maximum absolute atomic E-state index is 11.2. The second-order valence-electron chi connectivity index (χ2n) is 3.97. The fourth-order valence-electron chi connectivity index (χ4n) is 1.48. The van der Waals surface area contributed by atoms with Gasteiger partial charge in [-0.15, -0.1) is 0 Å². The van der Waals surface area contributed by atoms with Gasteiger partial charge in [-0.3, -0.25) is 10.2 Å². The van der Waals surface area contributed by atoms with Gasteiger partial charge in [0.05, 0.1) is 0 Å². The first-order valence-corrected chi connectivity index (χ1v) is 5.72. The van der Waals surface area contributed by atoms with Gasteiger partial charge in [-0.2, -0.15) is 0 Å². The summed E-state index contributed by atoms with van der Waals surface area (Å²) in [7, 11) is 0. The van der Waals surface area contributed by atoms with Gasteiger partial charge in [-0.1, -0.05) is 5.16 Å². The summed E-state index contributed by atoms with van der Waals surface area (Å²) >= 11 is 0. The van der Waals surface area contributed by atoms with E-state index in [4.69, 9.17) is 15.1 Å². The molecule has 0 saturated carbocycles. The number of nitrogens with one attached hydrogen (secondary N) is 1. The monoisotopic (exact) mass is 293 g/mol. The van der Waals surface area contributed by atoms with Crippen molar-refractivity contribution in [2.24, 2.45) is 5.84 Å². The average Bonchev–Trinajstić information content (AvgIpc) is 2.93. The fraction of sp³-hybridized carbons (Fsp3) is 0.182. The number of ether oxygens (including phenoxy) is 1. The molecule has 0 bridgehead atoms. The Hall–Kier alpha value is -3.01. The molecule has 0 aliphatic heterocycles. The van der Waals surface area contributed by atoms with Crippen LogP contribution >= 0.6 is 0 Å². The molecule has 2 heterocycles. The van der Waals surface area contributed by atoms with E-state index in [0.29, 0.717) is 5.69 Å². The number of hydrogen-bond donors (Lipinski definition) is 2. The van der Waals surface area contributed by atoms with E-state index < -0.39 is 16.6 Å². The third-order valence-corrected chi connectivity index (χ3v) is 2.44. The molecule has 0 aliphatic rings. The van der Waals surface area contributed by atoms with E-state index >= 15 is 0 Å². The molecule has 2 aromatic rings. The summed E-state index contributed by atoms with van der Waals surface area (Å²) < 4.78 is 10.1. The van der Waals surface area contributed by atoms with E-state index in [1.807, 2.05) is 5.43 Å². The highest BCUT2D eigenvalue weighted by Gasteiger charge is 2.19. The molecule has 0 atom stereocenters. The number of amides is 1. The molecular weight excluding hydrogens is 282 g/mol. The number of rotatable bonds is 5. The van der Waals surface area contributed by atoms with Crippen molar-refractivity contribution in [1.29, 1.82) is 0 Å².